The van der Waals surface area contributed by atoms with Crippen molar-refractivity contribution >= 4 is 29.3 Å². The van der Waals surface area contributed by atoms with Crippen molar-refractivity contribution in [1.82, 2.24) is 20.1 Å². The van der Waals surface area contributed by atoms with Crippen LogP contribution in [-0.2, 0) is 11.3 Å². The minimum atomic E-state index is -0.157. The zero-order chi connectivity index (χ0) is 20.2. The van der Waals surface area contributed by atoms with E-state index in [9.17, 15) is 9.59 Å². The number of benzene rings is 1. The van der Waals surface area contributed by atoms with E-state index in [-0.39, 0.29) is 17.6 Å². The molecule has 1 aliphatic carbocycles. The van der Waals surface area contributed by atoms with Crippen LogP contribution >= 0.6 is 11.8 Å². The Balaban J connectivity index is 1.32. The van der Waals surface area contributed by atoms with E-state index in [1.54, 1.807) is 36.6 Å². The molecule has 1 fully saturated rings. The lowest BCUT2D eigenvalue weighted by Gasteiger charge is -2.08. The van der Waals surface area contributed by atoms with Gasteiger partial charge in [0.15, 0.2) is 16.7 Å². The molecule has 0 atom stereocenters. The van der Waals surface area contributed by atoms with E-state index in [1.165, 1.54) is 11.8 Å². The second-order valence-corrected chi connectivity index (χ2v) is 7.63. The van der Waals surface area contributed by atoms with Crippen molar-refractivity contribution in [3.63, 3.8) is 0 Å². The van der Waals surface area contributed by atoms with E-state index in [0.29, 0.717) is 40.6 Å². The number of anilines is 1. The van der Waals surface area contributed by atoms with Gasteiger partial charge < -0.3 is 15.1 Å². The minimum absolute atomic E-state index is 0.0767. The highest BCUT2D eigenvalue weighted by Gasteiger charge is 2.23. The first kappa shape index (κ1) is 19.3. The van der Waals surface area contributed by atoms with Gasteiger partial charge in [-0.2, -0.15) is 0 Å². The summed E-state index contributed by atoms with van der Waals surface area (Å²) in [5.41, 5.74) is 1.23. The average Bonchev–Trinajstić information content (AvgIpc) is 3.21. The molecule has 2 heterocycles. The molecule has 29 heavy (non-hydrogen) atoms. The van der Waals surface area contributed by atoms with Gasteiger partial charge in [-0.1, -0.05) is 11.8 Å². The molecule has 1 aromatic carbocycles. The number of carbonyl (C=O) groups is 2. The fourth-order valence-corrected chi connectivity index (χ4v) is 3.60. The van der Waals surface area contributed by atoms with E-state index in [4.69, 9.17) is 4.42 Å². The first-order valence-corrected chi connectivity index (χ1v) is 10.4. The number of carbonyl (C=O) groups excluding carboxylic acids is 2. The number of furan rings is 1. The summed E-state index contributed by atoms with van der Waals surface area (Å²) in [6.45, 7) is 2.65. The molecule has 0 bridgehead atoms. The molecule has 4 rings (SSSR count). The van der Waals surface area contributed by atoms with Crippen molar-refractivity contribution in [3.8, 4) is 11.6 Å². The standard InChI is InChI=1S/C20H21N5O3S/c1-2-25-18(16-4-3-11-28-16)23-24-20(25)29-12-17(26)21-14-7-5-13(6-8-14)19(27)22-15-9-10-15/h3-8,11,15H,2,9-10,12H2,1H3,(H,21,26)(H,22,27). The van der Waals surface area contributed by atoms with Gasteiger partial charge in [0.2, 0.25) is 5.91 Å². The molecule has 1 saturated carbocycles. The molecule has 0 saturated heterocycles. The highest BCUT2D eigenvalue weighted by Crippen LogP contribution is 2.24. The highest BCUT2D eigenvalue weighted by molar-refractivity contribution is 7.99. The Morgan fingerprint density at radius 3 is 2.66 bits per heavy atom. The first-order chi connectivity index (χ1) is 14.1. The molecule has 9 heteroatoms. The highest BCUT2D eigenvalue weighted by atomic mass is 32.2. The van der Waals surface area contributed by atoms with Crippen molar-refractivity contribution in [1.29, 1.82) is 0 Å². The topological polar surface area (TPSA) is 102 Å². The maximum atomic E-state index is 12.3. The van der Waals surface area contributed by atoms with Gasteiger partial charge >= 0.3 is 0 Å². The maximum Gasteiger partial charge on any atom is 0.251 e. The molecule has 2 N–H and O–H groups in total. The van der Waals surface area contributed by atoms with Crippen molar-refractivity contribution in [2.24, 2.45) is 0 Å². The largest absolute Gasteiger partial charge is 0.461 e. The molecule has 3 aromatic rings. The molecule has 150 valence electrons. The van der Waals surface area contributed by atoms with Crippen LogP contribution in [0.1, 0.15) is 30.1 Å². The summed E-state index contributed by atoms with van der Waals surface area (Å²) < 4.78 is 7.30. The maximum absolute atomic E-state index is 12.3. The Labute approximate surface area is 172 Å². The smallest absolute Gasteiger partial charge is 0.251 e. The Hall–Kier alpha value is -3.07. The molecular weight excluding hydrogens is 390 g/mol. The van der Waals surface area contributed by atoms with Crippen molar-refractivity contribution in [2.45, 2.75) is 37.5 Å². The first-order valence-electron chi connectivity index (χ1n) is 9.44. The number of aromatic nitrogens is 3. The SMILES string of the molecule is CCn1c(SCC(=O)Nc2ccc(C(=O)NC3CC3)cc2)nnc1-c1ccco1. The molecular formula is C20H21N5O3S. The van der Waals surface area contributed by atoms with Gasteiger partial charge in [0.25, 0.3) is 5.91 Å². The third kappa shape index (κ3) is 4.68. The predicted molar refractivity (Wildman–Crippen MR) is 110 cm³/mol. The van der Waals surface area contributed by atoms with Crippen LogP contribution in [0.2, 0.25) is 0 Å². The van der Waals surface area contributed by atoms with E-state index in [2.05, 4.69) is 20.8 Å². The monoisotopic (exact) mass is 411 g/mol. The number of hydrogen-bond donors (Lipinski definition) is 2. The second-order valence-electron chi connectivity index (χ2n) is 6.69. The summed E-state index contributed by atoms with van der Waals surface area (Å²) >= 11 is 1.31. The van der Waals surface area contributed by atoms with E-state index >= 15 is 0 Å². The van der Waals surface area contributed by atoms with Crippen molar-refractivity contribution < 1.29 is 14.0 Å². The van der Waals surface area contributed by atoms with Crippen LogP contribution in [0, 0.1) is 0 Å². The molecule has 1 aliphatic rings. The zero-order valence-electron chi connectivity index (χ0n) is 15.9. The molecule has 8 nitrogen and oxygen atoms in total. The van der Waals surface area contributed by atoms with Crippen LogP contribution < -0.4 is 10.6 Å². The summed E-state index contributed by atoms with van der Waals surface area (Å²) in [6.07, 6.45) is 3.68. The van der Waals surface area contributed by atoms with Gasteiger partial charge in [-0.25, -0.2) is 0 Å². The second kappa shape index (κ2) is 8.52. The summed E-state index contributed by atoms with van der Waals surface area (Å²) in [5, 5.41) is 14.8. The van der Waals surface area contributed by atoms with Crippen LogP contribution in [0.25, 0.3) is 11.6 Å². The fraction of sp³-hybridized carbons (Fsp3) is 0.300. The van der Waals surface area contributed by atoms with Crippen LogP contribution in [0.5, 0.6) is 0 Å². The van der Waals surface area contributed by atoms with Gasteiger partial charge in [0.1, 0.15) is 0 Å². The van der Waals surface area contributed by atoms with Gasteiger partial charge in [-0.3, -0.25) is 14.2 Å². The number of amides is 2. The lowest BCUT2D eigenvalue weighted by Crippen LogP contribution is -2.25. The third-order valence-electron chi connectivity index (χ3n) is 4.45. The lowest BCUT2D eigenvalue weighted by atomic mass is 10.2. The van der Waals surface area contributed by atoms with E-state index in [1.807, 2.05) is 17.6 Å². The number of rotatable bonds is 8. The van der Waals surface area contributed by atoms with Crippen LogP contribution in [0.15, 0.2) is 52.2 Å². The summed E-state index contributed by atoms with van der Waals surface area (Å²) in [4.78, 5) is 24.3. The fourth-order valence-electron chi connectivity index (χ4n) is 2.80. The van der Waals surface area contributed by atoms with E-state index < -0.39 is 0 Å². The number of nitrogens with zero attached hydrogens (tertiary/aromatic N) is 3. The summed E-state index contributed by atoms with van der Waals surface area (Å²) in [6, 6.07) is 10.8. The third-order valence-corrected chi connectivity index (χ3v) is 5.42. The molecule has 2 amide bonds. The summed E-state index contributed by atoms with van der Waals surface area (Å²) in [7, 11) is 0. The zero-order valence-corrected chi connectivity index (χ0v) is 16.7. The minimum Gasteiger partial charge on any atom is -0.461 e. The van der Waals surface area contributed by atoms with Crippen LogP contribution in [0.4, 0.5) is 5.69 Å². The van der Waals surface area contributed by atoms with E-state index in [0.717, 1.165) is 12.8 Å². The molecule has 2 aromatic heterocycles. The van der Waals surface area contributed by atoms with Gasteiger partial charge in [0, 0.05) is 23.8 Å². The van der Waals surface area contributed by atoms with Gasteiger partial charge in [-0.05, 0) is 56.2 Å². The van der Waals surface area contributed by atoms with Crippen LogP contribution in [-0.4, -0.2) is 38.4 Å². The van der Waals surface area contributed by atoms with Crippen molar-refractivity contribution in [3.05, 3.63) is 48.2 Å². The molecule has 0 aliphatic heterocycles. The molecule has 0 spiro atoms. The summed E-state index contributed by atoms with van der Waals surface area (Å²) in [5.74, 6) is 1.24. The van der Waals surface area contributed by atoms with Gasteiger partial charge in [-0.15, -0.1) is 10.2 Å². The lowest BCUT2D eigenvalue weighted by molar-refractivity contribution is -0.113. The normalized spacial score (nSPS) is 13.3. The Bertz CT molecular complexity index is 994. The van der Waals surface area contributed by atoms with Gasteiger partial charge in [0.05, 0.1) is 12.0 Å². The Morgan fingerprint density at radius 2 is 2.00 bits per heavy atom. The number of nitrogens with one attached hydrogen (secondary N) is 2. The molecule has 0 unspecified atom stereocenters. The average molecular weight is 411 g/mol. The Kier molecular flexibility index (Phi) is 5.66. The van der Waals surface area contributed by atoms with Crippen LogP contribution in [0.3, 0.4) is 0 Å². The molecule has 0 radical (unpaired) electrons. The predicted octanol–water partition coefficient (Wildman–Crippen LogP) is 3.18. The number of hydrogen-bond acceptors (Lipinski definition) is 6. The number of thioether (sulfide) groups is 1. The Morgan fingerprint density at radius 1 is 1.21 bits per heavy atom. The quantitative estimate of drug-likeness (QED) is 0.552. The van der Waals surface area contributed by atoms with Crippen molar-refractivity contribution in [2.75, 3.05) is 11.1 Å².